The van der Waals surface area contributed by atoms with Gasteiger partial charge in [-0.15, -0.1) is 0 Å². The Morgan fingerprint density at radius 3 is 2.47 bits per heavy atom. The Balaban J connectivity index is 1.35. The standard InChI is InChI=1S/C25H37N3O2/c1-19(2)24(29)27-14-7-11-22(18-27)25(30)28-15-12-23-21(17-28)10-6-13-26(23)16-20-8-4-3-5-9-20/h3-5,8-9,19,21-23H,6-7,10-18H2,1-2H3/t21-,22+,23+/m1/s1. The van der Waals surface area contributed by atoms with E-state index in [0.717, 1.165) is 45.4 Å². The molecule has 0 aromatic heterocycles. The van der Waals surface area contributed by atoms with Gasteiger partial charge in [0, 0.05) is 44.7 Å². The predicted molar refractivity (Wildman–Crippen MR) is 119 cm³/mol. The number of hydrogen-bond donors (Lipinski definition) is 0. The van der Waals surface area contributed by atoms with Crippen LogP contribution in [0.4, 0.5) is 0 Å². The number of nitrogens with zero attached hydrogens (tertiary/aromatic N) is 3. The first-order valence-corrected chi connectivity index (χ1v) is 11.9. The van der Waals surface area contributed by atoms with Gasteiger partial charge in [-0.2, -0.15) is 0 Å². The molecule has 0 unspecified atom stereocenters. The zero-order valence-electron chi connectivity index (χ0n) is 18.6. The number of amides is 2. The van der Waals surface area contributed by atoms with E-state index in [9.17, 15) is 9.59 Å². The lowest BCUT2D eigenvalue weighted by atomic mass is 9.83. The smallest absolute Gasteiger partial charge is 0.227 e. The molecule has 2 amide bonds. The Hall–Kier alpha value is -1.88. The summed E-state index contributed by atoms with van der Waals surface area (Å²) in [7, 11) is 0. The van der Waals surface area contributed by atoms with Crippen LogP contribution >= 0.6 is 0 Å². The Bertz CT molecular complexity index is 735. The van der Waals surface area contributed by atoms with Crippen LogP contribution in [0.25, 0.3) is 0 Å². The first-order chi connectivity index (χ1) is 14.5. The Labute approximate surface area is 181 Å². The summed E-state index contributed by atoms with van der Waals surface area (Å²) in [5, 5.41) is 0. The second-order valence-electron chi connectivity index (χ2n) is 9.78. The summed E-state index contributed by atoms with van der Waals surface area (Å²) in [6.45, 7) is 9.25. The third-order valence-electron chi connectivity index (χ3n) is 7.30. The summed E-state index contributed by atoms with van der Waals surface area (Å²) >= 11 is 0. The van der Waals surface area contributed by atoms with E-state index in [2.05, 4.69) is 40.1 Å². The number of likely N-dealkylation sites (tertiary alicyclic amines) is 3. The molecule has 0 bridgehead atoms. The number of hydrogen-bond acceptors (Lipinski definition) is 3. The SMILES string of the molecule is CC(C)C(=O)N1CCC[C@H](C(=O)N2CC[C@H]3[C@H](CCCN3Cc3ccccc3)C2)C1. The molecule has 5 heteroatoms. The molecular weight excluding hydrogens is 374 g/mol. The van der Waals surface area contributed by atoms with Crippen LogP contribution in [0.1, 0.15) is 51.5 Å². The Morgan fingerprint density at radius 2 is 1.70 bits per heavy atom. The molecule has 164 valence electrons. The van der Waals surface area contributed by atoms with E-state index < -0.39 is 0 Å². The summed E-state index contributed by atoms with van der Waals surface area (Å²) in [5.74, 6) is 1.05. The molecule has 0 spiro atoms. The van der Waals surface area contributed by atoms with Crippen molar-refractivity contribution in [2.24, 2.45) is 17.8 Å². The average Bonchev–Trinajstić information content (AvgIpc) is 2.78. The largest absolute Gasteiger partial charge is 0.342 e. The van der Waals surface area contributed by atoms with Gasteiger partial charge >= 0.3 is 0 Å². The number of piperidine rings is 3. The Morgan fingerprint density at radius 1 is 0.933 bits per heavy atom. The van der Waals surface area contributed by atoms with Crippen molar-refractivity contribution in [1.82, 2.24) is 14.7 Å². The van der Waals surface area contributed by atoms with Crippen LogP contribution in [-0.2, 0) is 16.1 Å². The first-order valence-electron chi connectivity index (χ1n) is 11.9. The zero-order chi connectivity index (χ0) is 21.1. The number of benzene rings is 1. The molecule has 4 rings (SSSR count). The van der Waals surface area contributed by atoms with Crippen LogP contribution in [0, 0.1) is 17.8 Å². The molecule has 3 aliphatic rings. The molecule has 1 aromatic carbocycles. The molecule has 3 fully saturated rings. The highest BCUT2D eigenvalue weighted by atomic mass is 16.2. The number of rotatable bonds is 4. The van der Waals surface area contributed by atoms with Crippen molar-refractivity contribution in [3.05, 3.63) is 35.9 Å². The van der Waals surface area contributed by atoms with Gasteiger partial charge in [-0.1, -0.05) is 44.2 Å². The lowest BCUT2D eigenvalue weighted by Crippen LogP contribution is -2.56. The fourth-order valence-electron chi connectivity index (χ4n) is 5.72. The molecular formula is C25H37N3O2. The lowest BCUT2D eigenvalue weighted by Gasteiger charge is -2.48. The minimum absolute atomic E-state index is 0.00688. The quantitative estimate of drug-likeness (QED) is 0.763. The second-order valence-corrected chi connectivity index (χ2v) is 9.78. The van der Waals surface area contributed by atoms with Gasteiger partial charge in [-0.25, -0.2) is 0 Å². The summed E-state index contributed by atoms with van der Waals surface area (Å²) < 4.78 is 0. The van der Waals surface area contributed by atoms with Gasteiger partial charge in [-0.05, 0) is 50.1 Å². The maximum Gasteiger partial charge on any atom is 0.227 e. The highest BCUT2D eigenvalue weighted by molar-refractivity contribution is 5.82. The van der Waals surface area contributed by atoms with E-state index in [-0.39, 0.29) is 23.7 Å². The van der Waals surface area contributed by atoms with Crippen LogP contribution in [0.3, 0.4) is 0 Å². The van der Waals surface area contributed by atoms with Gasteiger partial charge in [0.05, 0.1) is 5.92 Å². The molecule has 0 N–H and O–H groups in total. The van der Waals surface area contributed by atoms with Gasteiger partial charge in [0.2, 0.25) is 11.8 Å². The number of fused-ring (bicyclic) bond motifs is 1. The minimum Gasteiger partial charge on any atom is -0.342 e. The molecule has 5 nitrogen and oxygen atoms in total. The van der Waals surface area contributed by atoms with E-state index in [1.165, 1.54) is 24.9 Å². The minimum atomic E-state index is -0.0120. The van der Waals surface area contributed by atoms with Gasteiger partial charge in [-0.3, -0.25) is 14.5 Å². The normalized spacial score (nSPS) is 27.8. The monoisotopic (exact) mass is 411 g/mol. The topological polar surface area (TPSA) is 43.9 Å². The van der Waals surface area contributed by atoms with E-state index >= 15 is 0 Å². The van der Waals surface area contributed by atoms with E-state index in [0.29, 0.717) is 18.5 Å². The number of carbonyl (C=O) groups is 2. The zero-order valence-corrected chi connectivity index (χ0v) is 18.6. The number of carbonyl (C=O) groups excluding carboxylic acids is 2. The second kappa shape index (κ2) is 9.51. The third-order valence-corrected chi connectivity index (χ3v) is 7.30. The summed E-state index contributed by atoms with van der Waals surface area (Å²) in [6.07, 6.45) is 5.38. The Kier molecular flexibility index (Phi) is 6.77. The fraction of sp³-hybridized carbons (Fsp3) is 0.680. The molecule has 1 aromatic rings. The van der Waals surface area contributed by atoms with Crippen molar-refractivity contribution in [3.63, 3.8) is 0 Å². The predicted octanol–water partition coefficient (Wildman–Crippen LogP) is 3.39. The van der Waals surface area contributed by atoms with Crippen molar-refractivity contribution in [2.75, 3.05) is 32.7 Å². The van der Waals surface area contributed by atoms with Crippen LogP contribution in [0.2, 0.25) is 0 Å². The maximum atomic E-state index is 13.3. The van der Waals surface area contributed by atoms with Crippen molar-refractivity contribution < 1.29 is 9.59 Å². The highest BCUT2D eigenvalue weighted by Gasteiger charge is 2.39. The first kappa shape index (κ1) is 21.4. The molecule has 0 aliphatic carbocycles. The average molecular weight is 412 g/mol. The van der Waals surface area contributed by atoms with Crippen molar-refractivity contribution in [3.8, 4) is 0 Å². The molecule has 3 heterocycles. The molecule has 30 heavy (non-hydrogen) atoms. The lowest BCUT2D eigenvalue weighted by molar-refractivity contribution is -0.144. The van der Waals surface area contributed by atoms with Crippen LogP contribution < -0.4 is 0 Å². The summed E-state index contributed by atoms with van der Waals surface area (Å²) in [5.41, 5.74) is 1.38. The summed E-state index contributed by atoms with van der Waals surface area (Å²) in [4.78, 5) is 32.4. The summed E-state index contributed by atoms with van der Waals surface area (Å²) in [6, 6.07) is 11.3. The molecule has 3 aliphatic heterocycles. The van der Waals surface area contributed by atoms with Crippen molar-refractivity contribution >= 4 is 11.8 Å². The van der Waals surface area contributed by atoms with Crippen LogP contribution in [0.5, 0.6) is 0 Å². The van der Waals surface area contributed by atoms with E-state index in [1.54, 1.807) is 0 Å². The van der Waals surface area contributed by atoms with Crippen molar-refractivity contribution in [2.45, 2.75) is 58.5 Å². The van der Waals surface area contributed by atoms with E-state index in [4.69, 9.17) is 0 Å². The molecule has 0 saturated carbocycles. The van der Waals surface area contributed by atoms with Gasteiger partial charge in [0.25, 0.3) is 0 Å². The van der Waals surface area contributed by atoms with Crippen molar-refractivity contribution in [1.29, 1.82) is 0 Å². The highest BCUT2D eigenvalue weighted by Crippen LogP contribution is 2.33. The van der Waals surface area contributed by atoms with Crippen LogP contribution in [0.15, 0.2) is 30.3 Å². The van der Waals surface area contributed by atoms with E-state index in [1.807, 2.05) is 18.7 Å². The third kappa shape index (κ3) is 4.72. The molecule has 3 atom stereocenters. The van der Waals surface area contributed by atoms with Gasteiger partial charge in [0.15, 0.2) is 0 Å². The van der Waals surface area contributed by atoms with Crippen LogP contribution in [-0.4, -0.2) is 65.3 Å². The van der Waals surface area contributed by atoms with Gasteiger partial charge in [0.1, 0.15) is 0 Å². The maximum absolute atomic E-state index is 13.3. The fourth-order valence-corrected chi connectivity index (χ4v) is 5.72. The van der Waals surface area contributed by atoms with Gasteiger partial charge < -0.3 is 9.80 Å². The molecule has 3 saturated heterocycles. The molecule has 0 radical (unpaired) electrons.